The molecule has 2 aromatic rings. The van der Waals surface area contributed by atoms with Gasteiger partial charge in [0.25, 0.3) is 0 Å². The molecule has 0 fully saturated rings. The number of aromatic nitrogens is 2. The van der Waals surface area contributed by atoms with E-state index in [4.69, 9.17) is 0 Å². The maximum absolute atomic E-state index is 4.23. The predicted molar refractivity (Wildman–Crippen MR) is 79.0 cm³/mol. The van der Waals surface area contributed by atoms with Crippen LogP contribution in [-0.2, 0) is 6.54 Å². The van der Waals surface area contributed by atoms with E-state index in [-0.39, 0.29) is 0 Å². The molecule has 2 rings (SSSR count). The van der Waals surface area contributed by atoms with E-state index in [1.165, 1.54) is 16.8 Å². The Morgan fingerprint density at radius 1 is 1.16 bits per heavy atom. The Morgan fingerprint density at radius 3 is 2.47 bits per heavy atom. The van der Waals surface area contributed by atoms with Crippen LogP contribution in [0.1, 0.15) is 49.7 Å². The lowest BCUT2D eigenvalue weighted by Gasteiger charge is -2.17. The summed E-state index contributed by atoms with van der Waals surface area (Å²) in [6.07, 6.45) is 3.84. The van der Waals surface area contributed by atoms with E-state index in [0.717, 1.165) is 6.54 Å². The highest BCUT2D eigenvalue weighted by Gasteiger charge is 2.08. The fraction of sp³-hybridized carbons (Fsp3) is 0.438. The van der Waals surface area contributed by atoms with Crippen molar-refractivity contribution in [2.24, 2.45) is 0 Å². The van der Waals surface area contributed by atoms with Crippen molar-refractivity contribution < 1.29 is 0 Å². The first kappa shape index (κ1) is 13.8. The summed E-state index contributed by atoms with van der Waals surface area (Å²) in [7, 11) is 0. The van der Waals surface area contributed by atoms with Crippen LogP contribution in [0, 0.1) is 6.92 Å². The van der Waals surface area contributed by atoms with E-state index in [9.17, 15) is 0 Å². The molecule has 1 N–H and O–H groups in total. The predicted octanol–water partition coefficient (Wildman–Crippen LogP) is 3.62. The van der Waals surface area contributed by atoms with Crippen molar-refractivity contribution in [1.29, 1.82) is 0 Å². The van der Waals surface area contributed by atoms with Gasteiger partial charge in [-0.05, 0) is 33.3 Å². The van der Waals surface area contributed by atoms with Crippen molar-refractivity contribution in [3.05, 3.63) is 53.6 Å². The van der Waals surface area contributed by atoms with Crippen LogP contribution in [0.2, 0.25) is 0 Å². The quantitative estimate of drug-likeness (QED) is 0.886. The fourth-order valence-electron chi connectivity index (χ4n) is 2.16. The third kappa shape index (κ3) is 3.44. The van der Waals surface area contributed by atoms with Crippen LogP contribution in [0.15, 0.2) is 36.8 Å². The van der Waals surface area contributed by atoms with Crippen molar-refractivity contribution in [2.45, 2.75) is 46.3 Å². The molecule has 0 saturated heterocycles. The van der Waals surface area contributed by atoms with E-state index in [1.807, 2.05) is 12.5 Å². The van der Waals surface area contributed by atoms with Gasteiger partial charge in [0, 0.05) is 24.8 Å². The Labute approximate surface area is 115 Å². The van der Waals surface area contributed by atoms with Crippen molar-refractivity contribution >= 4 is 0 Å². The highest BCUT2D eigenvalue weighted by molar-refractivity contribution is 5.23. The van der Waals surface area contributed by atoms with Gasteiger partial charge in [-0.1, -0.05) is 29.8 Å². The van der Waals surface area contributed by atoms with Crippen LogP contribution in [0.5, 0.6) is 0 Å². The molecular formula is C16H23N3. The number of nitrogens with one attached hydrogen (secondary N) is 1. The molecule has 3 nitrogen and oxygen atoms in total. The topological polar surface area (TPSA) is 29.9 Å². The average molecular weight is 257 g/mol. The fourth-order valence-corrected chi connectivity index (χ4v) is 2.16. The van der Waals surface area contributed by atoms with Crippen LogP contribution in [0.25, 0.3) is 0 Å². The molecule has 1 aromatic heterocycles. The summed E-state index contributed by atoms with van der Waals surface area (Å²) in [4.78, 5) is 4.23. The summed E-state index contributed by atoms with van der Waals surface area (Å²) in [5.41, 5.74) is 3.85. The second-order valence-electron chi connectivity index (χ2n) is 5.40. The van der Waals surface area contributed by atoms with E-state index in [2.05, 4.69) is 66.8 Å². The molecule has 102 valence electrons. The lowest BCUT2D eigenvalue weighted by Crippen LogP contribution is -2.20. The van der Waals surface area contributed by atoms with E-state index >= 15 is 0 Å². The van der Waals surface area contributed by atoms with Gasteiger partial charge in [0.1, 0.15) is 0 Å². The molecule has 1 aromatic carbocycles. The summed E-state index contributed by atoms with van der Waals surface area (Å²) < 4.78 is 2.20. The first-order chi connectivity index (χ1) is 9.08. The second-order valence-corrected chi connectivity index (χ2v) is 5.40. The minimum atomic E-state index is 0.344. The highest BCUT2D eigenvalue weighted by Crippen LogP contribution is 2.15. The molecule has 0 aliphatic carbocycles. The number of imidazole rings is 1. The van der Waals surface area contributed by atoms with Gasteiger partial charge in [0.2, 0.25) is 0 Å². The number of aryl methyl sites for hydroxylation is 1. The van der Waals surface area contributed by atoms with Gasteiger partial charge < -0.3 is 9.88 Å². The summed E-state index contributed by atoms with van der Waals surface area (Å²) in [6, 6.07) is 9.49. The first-order valence-corrected chi connectivity index (χ1v) is 6.88. The van der Waals surface area contributed by atoms with Gasteiger partial charge >= 0.3 is 0 Å². The first-order valence-electron chi connectivity index (χ1n) is 6.88. The van der Waals surface area contributed by atoms with Crippen LogP contribution in [0.4, 0.5) is 0 Å². The molecule has 0 unspecified atom stereocenters. The zero-order chi connectivity index (χ0) is 13.8. The van der Waals surface area contributed by atoms with Gasteiger partial charge in [0.05, 0.1) is 12.0 Å². The molecule has 3 heteroatoms. The highest BCUT2D eigenvalue weighted by atomic mass is 15.1. The van der Waals surface area contributed by atoms with Crippen LogP contribution >= 0.6 is 0 Å². The van der Waals surface area contributed by atoms with Gasteiger partial charge in [-0.3, -0.25) is 0 Å². The molecule has 0 radical (unpaired) electrons. The molecule has 0 spiro atoms. The molecular weight excluding hydrogens is 234 g/mol. The number of rotatable bonds is 5. The number of nitrogens with zero attached hydrogens (tertiary/aromatic N) is 2. The molecule has 0 bridgehead atoms. The SMILES string of the molecule is Cc1ccc([C@H](C)NCc2cncn2C(C)C)cc1. The summed E-state index contributed by atoms with van der Waals surface area (Å²) in [5.74, 6) is 0. The molecule has 0 aliphatic rings. The minimum absolute atomic E-state index is 0.344. The smallest absolute Gasteiger partial charge is 0.0951 e. The van der Waals surface area contributed by atoms with Gasteiger partial charge in [0.15, 0.2) is 0 Å². The monoisotopic (exact) mass is 257 g/mol. The number of hydrogen-bond donors (Lipinski definition) is 1. The van der Waals surface area contributed by atoms with Gasteiger partial charge in [-0.25, -0.2) is 4.98 Å². The molecule has 1 atom stereocenters. The Bertz CT molecular complexity index is 511. The average Bonchev–Trinajstić information content (AvgIpc) is 2.85. The molecule has 0 aliphatic heterocycles. The van der Waals surface area contributed by atoms with Crippen LogP contribution in [-0.4, -0.2) is 9.55 Å². The van der Waals surface area contributed by atoms with Crippen molar-refractivity contribution in [2.75, 3.05) is 0 Å². The van der Waals surface area contributed by atoms with Crippen molar-refractivity contribution in [3.63, 3.8) is 0 Å². The van der Waals surface area contributed by atoms with Gasteiger partial charge in [-0.15, -0.1) is 0 Å². The van der Waals surface area contributed by atoms with E-state index in [1.54, 1.807) is 0 Å². The largest absolute Gasteiger partial charge is 0.331 e. The number of hydrogen-bond acceptors (Lipinski definition) is 2. The molecule has 0 amide bonds. The third-order valence-corrected chi connectivity index (χ3v) is 3.47. The van der Waals surface area contributed by atoms with E-state index in [0.29, 0.717) is 12.1 Å². The Kier molecular flexibility index (Phi) is 4.38. The van der Waals surface area contributed by atoms with Gasteiger partial charge in [-0.2, -0.15) is 0 Å². The zero-order valence-electron chi connectivity index (χ0n) is 12.2. The third-order valence-electron chi connectivity index (χ3n) is 3.47. The summed E-state index contributed by atoms with van der Waals surface area (Å²) >= 11 is 0. The minimum Gasteiger partial charge on any atom is -0.331 e. The molecule has 0 saturated carbocycles. The van der Waals surface area contributed by atoms with Crippen molar-refractivity contribution in [1.82, 2.24) is 14.9 Å². The summed E-state index contributed by atoms with van der Waals surface area (Å²) in [5, 5.41) is 3.56. The second kappa shape index (κ2) is 6.02. The lowest BCUT2D eigenvalue weighted by atomic mass is 10.1. The molecule has 1 heterocycles. The van der Waals surface area contributed by atoms with Crippen molar-refractivity contribution in [3.8, 4) is 0 Å². The normalized spacial score (nSPS) is 12.9. The standard InChI is InChI=1S/C16H23N3/c1-12(2)19-11-17-9-16(19)10-18-14(4)15-7-5-13(3)6-8-15/h5-9,11-12,14,18H,10H2,1-4H3/t14-/m0/s1. The summed E-state index contributed by atoms with van der Waals surface area (Å²) in [6.45, 7) is 9.50. The molecule has 19 heavy (non-hydrogen) atoms. The lowest BCUT2D eigenvalue weighted by molar-refractivity contribution is 0.518. The Hall–Kier alpha value is -1.61. The Morgan fingerprint density at radius 2 is 1.84 bits per heavy atom. The zero-order valence-corrected chi connectivity index (χ0v) is 12.2. The van der Waals surface area contributed by atoms with E-state index < -0.39 is 0 Å². The maximum atomic E-state index is 4.23. The van der Waals surface area contributed by atoms with Crippen LogP contribution < -0.4 is 5.32 Å². The van der Waals surface area contributed by atoms with Crippen LogP contribution in [0.3, 0.4) is 0 Å². The maximum Gasteiger partial charge on any atom is 0.0951 e. The Balaban J connectivity index is 1.98. The number of benzene rings is 1.